The van der Waals surface area contributed by atoms with Gasteiger partial charge in [0.05, 0.1) is 39.9 Å². The minimum atomic E-state index is -4.67. The molecule has 302 valence electrons. The summed E-state index contributed by atoms with van der Waals surface area (Å²) in [7, 11) is 1.10. The molecule has 0 aliphatic heterocycles. The first kappa shape index (κ1) is 49.9. The van der Waals surface area contributed by atoms with Crippen molar-refractivity contribution < 1.29 is 38.0 Å². The molecule has 0 aromatic carbocycles. The largest absolute Gasteiger partial charge is 0.756 e. The third-order valence-corrected chi connectivity index (χ3v) is 10.2. The van der Waals surface area contributed by atoms with Crippen LogP contribution in [0.1, 0.15) is 174 Å². The second-order valence-corrected chi connectivity index (χ2v) is 16.9. The van der Waals surface area contributed by atoms with Crippen molar-refractivity contribution in [2.75, 3.05) is 40.9 Å². The molecule has 0 aliphatic carbocycles. The lowest BCUT2D eigenvalue weighted by molar-refractivity contribution is -0.870. The monoisotopic (exact) mass is 745 g/mol. The summed E-state index contributed by atoms with van der Waals surface area (Å²) >= 11 is 0. The molecule has 0 aliphatic rings. The van der Waals surface area contributed by atoms with E-state index in [-0.39, 0.29) is 18.9 Å². The number of hydrogen-bond donors (Lipinski definition) is 3. The summed E-state index contributed by atoms with van der Waals surface area (Å²) in [5.41, 5.74) is 0. The number of quaternary nitrogens is 1. The molecule has 3 N–H and O–H groups in total. The fourth-order valence-corrected chi connectivity index (χ4v) is 6.58. The van der Waals surface area contributed by atoms with E-state index in [1.807, 2.05) is 21.1 Å². The van der Waals surface area contributed by atoms with Crippen LogP contribution in [0.15, 0.2) is 24.3 Å². The third kappa shape index (κ3) is 34.5. The summed E-state index contributed by atoms with van der Waals surface area (Å²) in [6.45, 7) is 4.36. The number of rotatable bonds is 37. The molecule has 0 saturated carbocycles. The maximum Gasteiger partial charge on any atom is 0.268 e. The van der Waals surface area contributed by atoms with Gasteiger partial charge in [0.15, 0.2) is 0 Å². The fourth-order valence-electron chi connectivity index (χ4n) is 5.86. The predicted molar refractivity (Wildman–Crippen MR) is 211 cm³/mol. The van der Waals surface area contributed by atoms with Gasteiger partial charge in [0.1, 0.15) is 19.3 Å². The van der Waals surface area contributed by atoms with Gasteiger partial charge in [-0.3, -0.25) is 9.36 Å². The van der Waals surface area contributed by atoms with E-state index in [1.165, 1.54) is 89.9 Å². The number of carbonyl (C=O) groups excluding carboxylic acids is 1. The van der Waals surface area contributed by atoms with E-state index in [1.54, 1.807) is 0 Å². The Hall–Kier alpha value is -1.06. The number of carbonyl (C=O) groups is 1. The zero-order valence-electron chi connectivity index (χ0n) is 33.7. The number of likely N-dealkylation sites (N-methyl/N-ethyl adjacent to an activating group) is 1. The smallest absolute Gasteiger partial charge is 0.268 e. The highest BCUT2D eigenvalue weighted by atomic mass is 31.2. The number of allylic oxidation sites excluding steroid dienone is 4. The van der Waals surface area contributed by atoms with Crippen LogP contribution in [-0.2, 0) is 18.4 Å². The van der Waals surface area contributed by atoms with Crippen molar-refractivity contribution >= 4 is 13.7 Å². The minimum absolute atomic E-state index is 0.0472. The molecule has 0 heterocycles. The molecule has 4 unspecified atom stereocenters. The molecule has 0 fully saturated rings. The first-order valence-electron chi connectivity index (χ1n) is 20.8. The second-order valence-electron chi connectivity index (χ2n) is 15.5. The van der Waals surface area contributed by atoms with Crippen LogP contribution in [0, 0.1) is 0 Å². The quantitative estimate of drug-likeness (QED) is 0.0250. The van der Waals surface area contributed by atoms with E-state index in [0.717, 1.165) is 44.9 Å². The SMILES string of the molecule is CCCCC/C=C/CC/C=C/CCCC(O)C(O)C(COP(=O)([O-])OCC[N+](C)(C)C)NC(=O)CCCCCCCCCCCCCCCCC. The second kappa shape index (κ2) is 33.5. The Morgan fingerprint density at radius 3 is 1.65 bits per heavy atom. The van der Waals surface area contributed by atoms with Crippen LogP contribution in [0.25, 0.3) is 0 Å². The standard InChI is InChI=1S/C41H81N2O7P/c1-6-8-10-12-14-16-18-20-21-22-24-26-28-30-32-34-40(45)42-38(37-50-51(47,48)49-36-35-43(3,4)5)41(46)39(44)33-31-29-27-25-23-19-17-15-13-11-9-7-2/h15,17,25,27,38-39,41,44,46H,6-14,16,18-24,26,28-37H2,1-5H3,(H-,42,45,47,48)/b17-15+,27-25+. The normalized spacial score (nSPS) is 15.4. The lowest BCUT2D eigenvalue weighted by Gasteiger charge is -2.31. The van der Waals surface area contributed by atoms with Crippen LogP contribution >= 0.6 is 7.82 Å². The highest BCUT2D eigenvalue weighted by Gasteiger charge is 2.29. The van der Waals surface area contributed by atoms with Crippen molar-refractivity contribution in [1.82, 2.24) is 5.32 Å². The Labute approximate surface area is 314 Å². The molecule has 4 atom stereocenters. The highest BCUT2D eigenvalue weighted by Crippen LogP contribution is 2.38. The lowest BCUT2D eigenvalue weighted by atomic mass is 10.0. The number of hydrogen-bond acceptors (Lipinski definition) is 7. The molecular weight excluding hydrogens is 663 g/mol. The van der Waals surface area contributed by atoms with Gasteiger partial charge in [-0.25, -0.2) is 0 Å². The zero-order chi connectivity index (χ0) is 38.1. The van der Waals surface area contributed by atoms with Crippen LogP contribution in [-0.4, -0.2) is 79.8 Å². The van der Waals surface area contributed by atoms with Crippen LogP contribution in [0.3, 0.4) is 0 Å². The topological polar surface area (TPSA) is 128 Å². The molecule has 0 aromatic heterocycles. The summed E-state index contributed by atoms with van der Waals surface area (Å²) in [4.78, 5) is 25.3. The van der Waals surface area contributed by atoms with Crippen LogP contribution in [0.5, 0.6) is 0 Å². The highest BCUT2D eigenvalue weighted by molar-refractivity contribution is 7.45. The fraction of sp³-hybridized carbons (Fsp3) is 0.878. The van der Waals surface area contributed by atoms with Gasteiger partial charge in [-0.2, -0.15) is 0 Å². The summed E-state index contributed by atoms with van der Waals surface area (Å²) in [5, 5.41) is 24.5. The van der Waals surface area contributed by atoms with Gasteiger partial charge in [0, 0.05) is 6.42 Å². The number of nitrogens with zero attached hydrogens (tertiary/aromatic N) is 1. The summed E-state index contributed by atoms with van der Waals surface area (Å²) in [5.74, 6) is -0.293. The summed E-state index contributed by atoms with van der Waals surface area (Å²) < 4.78 is 23.1. The lowest BCUT2D eigenvalue weighted by Crippen LogP contribution is -2.51. The average Bonchev–Trinajstić information content (AvgIpc) is 3.07. The molecular formula is C41H81N2O7P. The Balaban J connectivity index is 4.60. The van der Waals surface area contributed by atoms with Gasteiger partial charge < -0.3 is 34.0 Å². The molecule has 1 amide bonds. The predicted octanol–water partition coefficient (Wildman–Crippen LogP) is 9.31. The molecule has 0 rings (SSSR count). The summed E-state index contributed by atoms with van der Waals surface area (Å²) in [6, 6.07) is -1.09. The van der Waals surface area contributed by atoms with Gasteiger partial charge in [0.2, 0.25) is 5.91 Å². The Kier molecular flexibility index (Phi) is 32.8. The molecule has 0 spiro atoms. The van der Waals surface area contributed by atoms with Gasteiger partial charge in [-0.15, -0.1) is 0 Å². The van der Waals surface area contributed by atoms with E-state index < -0.39 is 32.7 Å². The number of nitrogens with one attached hydrogen (secondary N) is 1. The summed E-state index contributed by atoms with van der Waals surface area (Å²) in [6.07, 6.45) is 33.6. The van der Waals surface area contributed by atoms with Crippen molar-refractivity contribution in [1.29, 1.82) is 0 Å². The number of aliphatic hydroxyl groups is 2. The van der Waals surface area contributed by atoms with Crippen molar-refractivity contribution in [3.8, 4) is 0 Å². The number of aliphatic hydroxyl groups excluding tert-OH is 2. The molecule has 0 radical (unpaired) electrons. The van der Waals surface area contributed by atoms with Crippen LogP contribution in [0.2, 0.25) is 0 Å². The average molecular weight is 745 g/mol. The Morgan fingerprint density at radius 1 is 0.686 bits per heavy atom. The van der Waals surface area contributed by atoms with Gasteiger partial charge >= 0.3 is 0 Å². The first-order valence-corrected chi connectivity index (χ1v) is 22.2. The zero-order valence-corrected chi connectivity index (χ0v) is 34.6. The molecule has 51 heavy (non-hydrogen) atoms. The maximum atomic E-state index is 12.8. The first-order chi connectivity index (χ1) is 24.4. The Bertz CT molecular complexity index is 909. The third-order valence-electron chi connectivity index (χ3n) is 9.26. The van der Waals surface area contributed by atoms with E-state index >= 15 is 0 Å². The molecule has 9 nitrogen and oxygen atoms in total. The van der Waals surface area contributed by atoms with Gasteiger partial charge in [0.25, 0.3) is 7.82 Å². The van der Waals surface area contributed by atoms with Crippen molar-refractivity contribution in [2.24, 2.45) is 0 Å². The van der Waals surface area contributed by atoms with E-state index in [2.05, 4.69) is 43.5 Å². The van der Waals surface area contributed by atoms with Crippen molar-refractivity contribution in [3.05, 3.63) is 24.3 Å². The number of phosphoric ester groups is 1. The molecule has 0 saturated heterocycles. The minimum Gasteiger partial charge on any atom is -0.756 e. The Morgan fingerprint density at radius 2 is 1.14 bits per heavy atom. The van der Waals surface area contributed by atoms with Gasteiger partial charge in [-0.1, -0.05) is 141 Å². The maximum absolute atomic E-state index is 12.8. The van der Waals surface area contributed by atoms with Gasteiger partial charge in [-0.05, 0) is 51.4 Å². The van der Waals surface area contributed by atoms with E-state index in [9.17, 15) is 24.5 Å². The molecule has 10 heteroatoms. The van der Waals surface area contributed by atoms with Crippen molar-refractivity contribution in [3.63, 3.8) is 0 Å². The van der Waals surface area contributed by atoms with Crippen LogP contribution in [0.4, 0.5) is 0 Å². The van der Waals surface area contributed by atoms with Crippen LogP contribution < -0.4 is 10.2 Å². The molecule has 0 bridgehead atoms. The number of amides is 1. The van der Waals surface area contributed by atoms with Crippen molar-refractivity contribution in [2.45, 2.75) is 193 Å². The molecule has 0 aromatic rings. The van der Waals surface area contributed by atoms with E-state index in [0.29, 0.717) is 30.3 Å². The number of phosphoric acid groups is 1. The number of unbranched alkanes of at least 4 members (excludes halogenated alkanes) is 19. The van der Waals surface area contributed by atoms with E-state index in [4.69, 9.17) is 9.05 Å².